The van der Waals surface area contributed by atoms with Crippen LogP contribution in [0.1, 0.15) is 34.8 Å². The van der Waals surface area contributed by atoms with Crippen molar-refractivity contribution in [2.45, 2.75) is 26.2 Å². The number of carbonyl (C=O) groups is 1. The summed E-state index contributed by atoms with van der Waals surface area (Å²) in [5.41, 5.74) is 2.84. The van der Waals surface area contributed by atoms with Gasteiger partial charge in [-0.05, 0) is 67.6 Å². The van der Waals surface area contributed by atoms with Crippen LogP contribution in [0.25, 0.3) is 0 Å². The molecular formula is C22H27NO3. The molecular weight excluding hydrogens is 326 g/mol. The monoisotopic (exact) mass is 353 g/mol. The molecule has 0 spiro atoms. The largest absolute Gasteiger partial charge is 0.496 e. The first kappa shape index (κ1) is 19.6. The number of ether oxygens (including phenoxy) is 2. The van der Waals surface area contributed by atoms with Crippen molar-refractivity contribution in [3.63, 3.8) is 0 Å². The summed E-state index contributed by atoms with van der Waals surface area (Å²) >= 11 is 0. The fourth-order valence-corrected chi connectivity index (χ4v) is 2.75. The Balaban J connectivity index is 1.83. The van der Waals surface area contributed by atoms with Crippen LogP contribution in [-0.2, 0) is 12.8 Å². The summed E-state index contributed by atoms with van der Waals surface area (Å²) in [6.45, 7) is 7.02. The topological polar surface area (TPSA) is 47.6 Å². The highest BCUT2D eigenvalue weighted by molar-refractivity contribution is 5.94. The standard InChI is InChI=1S/C22H27NO3/c1-4-7-18-16-19(11-14-21(18)25-3)22(24)23-15-6-8-17-9-12-20(13-10-17)26-5-2/h4,9-14,16H,1,5-8,15H2,2-3H3,(H,23,24). The van der Waals surface area contributed by atoms with Crippen molar-refractivity contribution < 1.29 is 14.3 Å². The van der Waals surface area contributed by atoms with Crippen LogP contribution in [0.2, 0.25) is 0 Å². The highest BCUT2D eigenvalue weighted by Crippen LogP contribution is 2.20. The van der Waals surface area contributed by atoms with Gasteiger partial charge in [0.05, 0.1) is 13.7 Å². The number of amides is 1. The lowest BCUT2D eigenvalue weighted by Crippen LogP contribution is -2.24. The van der Waals surface area contributed by atoms with Crippen molar-refractivity contribution in [2.75, 3.05) is 20.3 Å². The Hall–Kier alpha value is -2.75. The second kappa shape index (κ2) is 10.3. The Labute approximate surface area is 155 Å². The smallest absolute Gasteiger partial charge is 0.251 e. The third-order valence-electron chi connectivity index (χ3n) is 4.07. The molecule has 0 radical (unpaired) electrons. The zero-order chi connectivity index (χ0) is 18.8. The second-order valence-corrected chi connectivity index (χ2v) is 5.96. The molecule has 1 amide bonds. The minimum absolute atomic E-state index is 0.0651. The van der Waals surface area contributed by atoms with Gasteiger partial charge in [-0.2, -0.15) is 0 Å². The fourth-order valence-electron chi connectivity index (χ4n) is 2.75. The van der Waals surface area contributed by atoms with E-state index in [1.165, 1.54) is 5.56 Å². The highest BCUT2D eigenvalue weighted by atomic mass is 16.5. The number of allylic oxidation sites excluding steroid dienone is 1. The number of benzene rings is 2. The molecule has 4 nitrogen and oxygen atoms in total. The van der Waals surface area contributed by atoms with Crippen LogP contribution in [0.4, 0.5) is 0 Å². The fraction of sp³-hybridized carbons (Fsp3) is 0.318. The summed E-state index contributed by atoms with van der Waals surface area (Å²) in [7, 11) is 1.63. The Morgan fingerprint density at radius 2 is 1.96 bits per heavy atom. The van der Waals surface area contributed by atoms with E-state index in [9.17, 15) is 4.79 Å². The molecule has 0 heterocycles. The molecule has 0 aromatic heterocycles. The third-order valence-corrected chi connectivity index (χ3v) is 4.07. The van der Waals surface area contributed by atoms with Crippen molar-refractivity contribution in [1.82, 2.24) is 5.32 Å². The van der Waals surface area contributed by atoms with Gasteiger partial charge < -0.3 is 14.8 Å². The predicted octanol–water partition coefficient (Wildman–Crippen LogP) is 4.19. The second-order valence-electron chi connectivity index (χ2n) is 5.96. The van der Waals surface area contributed by atoms with E-state index in [0.29, 0.717) is 25.1 Å². The van der Waals surface area contributed by atoms with E-state index in [0.717, 1.165) is 29.9 Å². The maximum Gasteiger partial charge on any atom is 0.251 e. The molecule has 0 aliphatic carbocycles. The Morgan fingerprint density at radius 1 is 1.19 bits per heavy atom. The van der Waals surface area contributed by atoms with Crippen LogP contribution < -0.4 is 14.8 Å². The molecule has 138 valence electrons. The number of hydrogen-bond donors (Lipinski definition) is 1. The Bertz CT molecular complexity index is 723. The average Bonchev–Trinajstić information content (AvgIpc) is 2.67. The summed E-state index contributed by atoms with van der Waals surface area (Å²) in [5.74, 6) is 1.60. The summed E-state index contributed by atoms with van der Waals surface area (Å²) in [5, 5.41) is 2.98. The molecule has 0 atom stereocenters. The van der Waals surface area contributed by atoms with E-state index in [1.807, 2.05) is 31.2 Å². The van der Waals surface area contributed by atoms with E-state index in [4.69, 9.17) is 9.47 Å². The van der Waals surface area contributed by atoms with Gasteiger partial charge in [0.1, 0.15) is 11.5 Å². The van der Waals surface area contributed by atoms with Crippen molar-refractivity contribution in [1.29, 1.82) is 0 Å². The van der Waals surface area contributed by atoms with Crippen LogP contribution in [0.3, 0.4) is 0 Å². The molecule has 0 fully saturated rings. The van der Waals surface area contributed by atoms with Gasteiger partial charge in [0.25, 0.3) is 5.91 Å². The van der Waals surface area contributed by atoms with Gasteiger partial charge in [-0.25, -0.2) is 0 Å². The maximum atomic E-state index is 12.3. The molecule has 0 aliphatic rings. The molecule has 0 saturated heterocycles. The lowest BCUT2D eigenvalue weighted by atomic mass is 10.1. The van der Waals surface area contributed by atoms with Gasteiger partial charge in [-0.15, -0.1) is 6.58 Å². The van der Waals surface area contributed by atoms with Gasteiger partial charge in [-0.3, -0.25) is 4.79 Å². The molecule has 26 heavy (non-hydrogen) atoms. The van der Waals surface area contributed by atoms with Crippen LogP contribution in [0.15, 0.2) is 55.1 Å². The first-order valence-corrected chi connectivity index (χ1v) is 8.95. The number of methoxy groups -OCH3 is 1. The van der Waals surface area contributed by atoms with Crippen molar-refractivity contribution in [3.05, 3.63) is 71.8 Å². The van der Waals surface area contributed by atoms with E-state index in [1.54, 1.807) is 19.3 Å². The van der Waals surface area contributed by atoms with Crippen LogP contribution in [0.5, 0.6) is 11.5 Å². The molecule has 0 bridgehead atoms. The van der Waals surface area contributed by atoms with Crippen molar-refractivity contribution >= 4 is 5.91 Å². The minimum atomic E-state index is -0.0651. The summed E-state index contributed by atoms with van der Waals surface area (Å²) in [6, 6.07) is 13.6. The Morgan fingerprint density at radius 3 is 2.62 bits per heavy atom. The molecule has 0 saturated carbocycles. The number of hydrogen-bond acceptors (Lipinski definition) is 3. The Kier molecular flexibility index (Phi) is 7.75. The van der Waals surface area contributed by atoms with Gasteiger partial charge in [0, 0.05) is 12.1 Å². The van der Waals surface area contributed by atoms with Crippen molar-refractivity contribution in [2.24, 2.45) is 0 Å². The summed E-state index contributed by atoms with van der Waals surface area (Å²) < 4.78 is 10.8. The first-order chi connectivity index (χ1) is 12.7. The molecule has 1 N–H and O–H groups in total. The highest BCUT2D eigenvalue weighted by Gasteiger charge is 2.09. The number of aryl methyl sites for hydroxylation is 1. The van der Waals surface area contributed by atoms with E-state index in [2.05, 4.69) is 24.0 Å². The number of nitrogens with one attached hydrogen (secondary N) is 1. The zero-order valence-corrected chi connectivity index (χ0v) is 15.6. The van der Waals surface area contributed by atoms with Gasteiger partial charge in [-0.1, -0.05) is 18.2 Å². The molecule has 0 aliphatic heterocycles. The SMILES string of the molecule is C=CCc1cc(C(=O)NCCCc2ccc(OCC)cc2)ccc1OC. The van der Waals surface area contributed by atoms with Gasteiger partial charge in [0.15, 0.2) is 0 Å². The van der Waals surface area contributed by atoms with E-state index in [-0.39, 0.29) is 5.91 Å². The molecule has 2 aromatic rings. The summed E-state index contributed by atoms with van der Waals surface area (Å²) in [6.07, 6.45) is 4.27. The quantitative estimate of drug-likeness (QED) is 0.515. The molecule has 2 rings (SSSR count). The average molecular weight is 353 g/mol. The predicted molar refractivity (Wildman–Crippen MR) is 105 cm³/mol. The van der Waals surface area contributed by atoms with Crippen LogP contribution in [0, 0.1) is 0 Å². The number of rotatable bonds is 10. The minimum Gasteiger partial charge on any atom is -0.496 e. The van der Waals surface area contributed by atoms with Crippen LogP contribution in [-0.4, -0.2) is 26.2 Å². The molecule has 2 aromatic carbocycles. The maximum absolute atomic E-state index is 12.3. The van der Waals surface area contributed by atoms with Crippen molar-refractivity contribution in [3.8, 4) is 11.5 Å². The van der Waals surface area contributed by atoms with Crippen LogP contribution >= 0.6 is 0 Å². The first-order valence-electron chi connectivity index (χ1n) is 8.95. The van der Waals surface area contributed by atoms with E-state index < -0.39 is 0 Å². The van der Waals surface area contributed by atoms with E-state index >= 15 is 0 Å². The lowest BCUT2D eigenvalue weighted by Gasteiger charge is -2.10. The lowest BCUT2D eigenvalue weighted by molar-refractivity contribution is 0.0953. The van der Waals surface area contributed by atoms with Gasteiger partial charge in [0.2, 0.25) is 0 Å². The summed E-state index contributed by atoms with van der Waals surface area (Å²) in [4.78, 5) is 12.3. The molecule has 0 unspecified atom stereocenters. The number of carbonyl (C=O) groups excluding carboxylic acids is 1. The normalized spacial score (nSPS) is 10.2. The van der Waals surface area contributed by atoms with Gasteiger partial charge >= 0.3 is 0 Å². The zero-order valence-electron chi connectivity index (χ0n) is 15.6. The molecule has 4 heteroatoms. The third kappa shape index (κ3) is 5.66.